The molecule has 0 aliphatic carbocycles. The third-order valence-electron chi connectivity index (χ3n) is 4.44. The van der Waals surface area contributed by atoms with Crippen LogP contribution in [0.5, 0.6) is 0 Å². The highest BCUT2D eigenvalue weighted by atomic mass is 16.5. The second kappa shape index (κ2) is 8.52. The minimum absolute atomic E-state index is 0.00159. The van der Waals surface area contributed by atoms with Crippen LogP contribution in [0.4, 0.5) is 5.69 Å². The maximum absolute atomic E-state index is 12.7. The van der Waals surface area contributed by atoms with Gasteiger partial charge in [-0.05, 0) is 36.6 Å². The van der Waals surface area contributed by atoms with Gasteiger partial charge >= 0.3 is 5.97 Å². The Morgan fingerprint density at radius 3 is 2.50 bits per heavy atom. The molecule has 0 spiro atoms. The predicted molar refractivity (Wildman–Crippen MR) is 106 cm³/mol. The number of hydrogen-bond acceptors (Lipinski definition) is 4. The molecule has 1 aliphatic rings. The Balaban J connectivity index is 1.70. The molecule has 0 saturated heterocycles. The number of amides is 2. The van der Waals surface area contributed by atoms with E-state index in [1.54, 1.807) is 17.0 Å². The number of hydrogen-bond donors (Lipinski definition) is 1. The standard InChI is InChI=1S/C22H22N2O4/c1-15-12-18-10-6-7-11-20(18)24(15)21(26)14-28-22(27)19(23-16(2)25)13-17-8-4-3-5-9-17/h3-11,13,15H,12,14H2,1-2H3,(H,23,25). The van der Waals surface area contributed by atoms with Gasteiger partial charge in [0.1, 0.15) is 5.70 Å². The van der Waals surface area contributed by atoms with Crippen LogP contribution >= 0.6 is 0 Å². The van der Waals surface area contributed by atoms with Gasteiger partial charge in [-0.25, -0.2) is 4.79 Å². The van der Waals surface area contributed by atoms with E-state index in [2.05, 4.69) is 5.32 Å². The van der Waals surface area contributed by atoms with Crippen molar-refractivity contribution >= 4 is 29.5 Å². The molecule has 0 aromatic heterocycles. The molecule has 6 heteroatoms. The zero-order valence-electron chi connectivity index (χ0n) is 15.8. The molecule has 1 atom stereocenters. The fraction of sp³-hybridized carbons (Fsp3) is 0.227. The third-order valence-corrected chi connectivity index (χ3v) is 4.44. The highest BCUT2D eigenvalue weighted by molar-refractivity contribution is 6.01. The molecule has 2 aromatic rings. The molecule has 6 nitrogen and oxygen atoms in total. The van der Waals surface area contributed by atoms with Gasteiger partial charge in [0.15, 0.2) is 6.61 Å². The van der Waals surface area contributed by atoms with Crippen molar-refractivity contribution in [3.63, 3.8) is 0 Å². The molecule has 0 fully saturated rings. The third kappa shape index (κ3) is 4.46. The number of nitrogens with one attached hydrogen (secondary N) is 1. The zero-order chi connectivity index (χ0) is 20.1. The first-order valence-corrected chi connectivity index (χ1v) is 9.07. The topological polar surface area (TPSA) is 75.7 Å². The number of ether oxygens (including phenoxy) is 1. The predicted octanol–water partition coefficient (Wildman–Crippen LogP) is 2.68. The van der Waals surface area contributed by atoms with Gasteiger partial charge in [0, 0.05) is 18.7 Å². The number of carbonyl (C=O) groups excluding carboxylic acids is 3. The average Bonchev–Trinajstić information content (AvgIpc) is 3.01. The molecule has 2 aromatic carbocycles. The fourth-order valence-electron chi connectivity index (χ4n) is 3.27. The van der Waals surface area contributed by atoms with Crippen LogP contribution < -0.4 is 10.2 Å². The Hall–Kier alpha value is -3.41. The van der Waals surface area contributed by atoms with E-state index >= 15 is 0 Å². The zero-order valence-corrected chi connectivity index (χ0v) is 15.8. The summed E-state index contributed by atoms with van der Waals surface area (Å²) in [5.41, 5.74) is 2.66. The lowest BCUT2D eigenvalue weighted by Gasteiger charge is -2.22. The van der Waals surface area contributed by atoms with Crippen LogP contribution in [0.2, 0.25) is 0 Å². The Morgan fingerprint density at radius 2 is 1.79 bits per heavy atom. The van der Waals surface area contributed by atoms with E-state index in [4.69, 9.17) is 4.74 Å². The van der Waals surface area contributed by atoms with Gasteiger partial charge in [-0.3, -0.25) is 9.59 Å². The molecular formula is C22H22N2O4. The summed E-state index contributed by atoms with van der Waals surface area (Å²) >= 11 is 0. The monoisotopic (exact) mass is 378 g/mol. The fourth-order valence-corrected chi connectivity index (χ4v) is 3.27. The van der Waals surface area contributed by atoms with Gasteiger partial charge in [-0.2, -0.15) is 0 Å². The number of rotatable bonds is 5. The lowest BCUT2D eigenvalue weighted by atomic mass is 10.1. The largest absolute Gasteiger partial charge is 0.451 e. The van der Waals surface area contributed by atoms with Gasteiger partial charge in [0.25, 0.3) is 5.91 Å². The Kier molecular flexibility index (Phi) is 5.89. The minimum Gasteiger partial charge on any atom is -0.451 e. The van der Waals surface area contributed by atoms with E-state index in [9.17, 15) is 14.4 Å². The van der Waals surface area contributed by atoms with E-state index in [-0.39, 0.29) is 17.6 Å². The van der Waals surface area contributed by atoms with Crippen LogP contribution in [0.3, 0.4) is 0 Å². The number of esters is 1. The maximum Gasteiger partial charge on any atom is 0.355 e. The smallest absolute Gasteiger partial charge is 0.355 e. The van der Waals surface area contributed by atoms with Gasteiger partial charge in [0.2, 0.25) is 5.91 Å². The molecule has 1 aliphatic heterocycles. The summed E-state index contributed by atoms with van der Waals surface area (Å²) in [6.07, 6.45) is 2.28. The van der Waals surface area contributed by atoms with Crippen molar-refractivity contribution < 1.29 is 19.1 Å². The van der Waals surface area contributed by atoms with Crippen molar-refractivity contribution in [2.75, 3.05) is 11.5 Å². The van der Waals surface area contributed by atoms with Crippen molar-refractivity contribution in [1.82, 2.24) is 5.32 Å². The molecule has 0 saturated carbocycles. The van der Waals surface area contributed by atoms with Crippen LogP contribution in [0, 0.1) is 0 Å². The lowest BCUT2D eigenvalue weighted by Crippen LogP contribution is -2.39. The SMILES string of the molecule is CC(=O)NC(=Cc1ccccc1)C(=O)OCC(=O)N1c2ccccc2CC1C. The number of benzene rings is 2. The Morgan fingerprint density at radius 1 is 1.11 bits per heavy atom. The molecule has 28 heavy (non-hydrogen) atoms. The van der Waals surface area contributed by atoms with Crippen LogP contribution in [-0.2, 0) is 25.5 Å². The summed E-state index contributed by atoms with van der Waals surface area (Å²) < 4.78 is 5.20. The van der Waals surface area contributed by atoms with Crippen molar-refractivity contribution in [2.45, 2.75) is 26.3 Å². The second-order valence-corrected chi connectivity index (χ2v) is 6.67. The Bertz CT molecular complexity index is 921. The summed E-state index contributed by atoms with van der Waals surface area (Å²) in [5.74, 6) is -1.45. The van der Waals surface area contributed by atoms with Gasteiger partial charge in [-0.15, -0.1) is 0 Å². The van der Waals surface area contributed by atoms with Crippen LogP contribution in [0.1, 0.15) is 25.0 Å². The molecular weight excluding hydrogens is 356 g/mol. The molecule has 144 valence electrons. The molecule has 0 bridgehead atoms. The quantitative estimate of drug-likeness (QED) is 0.641. The molecule has 3 rings (SSSR count). The minimum atomic E-state index is -0.757. The van der Waals surface area contributed by atoms with Crippen LogP contribution in [0.15, 0.2) is 60.3 Å². The number of carbonyl (C=O) groups is 3. The van der Waals surface area contributed by atoms with Crippen molar-refractivity contribution in [3.8, 4) is 0 Å². The second-order valence-electron chi connectivity index (χ2n) is 6.67. The van der Waals surface area contributed by atoms with E-state index in [0.29, 0.717) is 0 Å². The number of nitrogens with zero attached hydrogens (tertiary/aromatic N) is 1. The number of fused-ring (bicyclic) bond motifs is 1. The van der Waals surface area contributed by atoms with Crippen LogP contribution in [-0.4, -0.2) is 30.4 Å². The summed E-state index contributed by atoms with van der Waals surface area (Å²) in [4.78, 5) is 38.2. The summed E-state index contributed by atoms with van der Waals surface area (Å²) in [7, 11) is 0. The van der Waals surface area contributed by atoms with Gasteiger partial charge in [-0.1, -0.05) is 48.5 Å². The Labute approximate surface area is 163 Å². The van der Waals surface area contributed by atoms with E-state index in [0.717, 1.165) is 23.2 Å². The number of anilines is 1. The molecule has 1 unspecified atom stereocenters. The van der Waals surface area contributed by atoms with Crippen molar-refractivity contribution in [1.29, 1.82) is 0 Å². The molecule has 0 radical (unpaired) electrons. The maximum atomic E-state index is 12.7. The molecule has 1 heterocycles. The normalized spacial score (nSPS) is 15.7. The van der Waals surface area contributed by atoms with E-state index in [1.165, 1.54) is 13.0 Å². The number of para-hydroxylation sites is 1. The molecule has 2 amide bonds. The first-order valence-electron chi connectivity index (χ1n) is 9.07. The first kappa shape index (κ1) is 19.4. The molecule has 1 N–H and O–H groups in total. The van der Waals surface area contributed by atoms with E-state index in [1.807, 2.05) is 49.4 Å². The summed E-state index contributed by atoms with van der Waals surface area (Å²) in [6.45, 7) is 2.86. The lowest BCUT2D eigenvalue weighted by molar-refractivity contribution is -0.144. The first-order chi connectivity index (χ1) is 13.5. The van der Waals surface area contributed by atoms with Crippen LogP contribution in [0.25, 0.3) is 6.08 Å². The average molecular weight is 378 g/mol. The van der Waals surface area contributed by atoms with Crippen molar-refractivity contribution in [3.05, 3.63) is 71.4 Å². The van der Waals surface area contributed by atoms with Gasteiger partial charge in [0.05, 0.1) is 0 Å². The highest BCUT2D eigenvalue weighted by Crippen LogP contribution is 2.31. The summed E-state index contributed by atoms with van der Waals surface area (Å²) in [6, 6.07) is 16.8. The van der Waals surface area contributed by atoms with Crippen molar-refractivity contribution in [2.24, 2.45) is 0 Å². The summed E-state index contributed by atoms with van der Waals surface area (Å²) in [5, 5.41) is 2.47. The highest BCUT2D eigenvalue weighted by Gasteiger charge is 2.31. The van der Waals surface area contributed by atoms with Gasteiger partial charge < -0.3 is 15.0 Å². The van der Waals surface area contributed by atoms with E-state index < -0.39 is 18.5 Å².